The van der Waals surface area contributed by atoms with Crippen molar-refractivity contribution in [3.8, 4) is 0 Å². The third-order valence-electron chi connectivity index (χ3n) is 4.35. The Bertz CT molecular complexity index is 566. The van der Waals surface area contributed by atoms with Gasteiger partial charge >= 0.3 is 0 Å². The molecule has 1 aromatic rings. The van der Waals surface area contributed by atoms with Gasteiger partial charge < -0.3 is 11.1 Å². The molecule has 8 heteroatoms. The minimum Gasteiger partial charge on any atom is -0.330 e. The number of hydrogen-bond acceptors (Lipinski definition) is 5. The van der Waals surface area contributed by atoms with Crippen molar-refractivity contribution in [2.45, 2.75) is 26.3 Å². The third-order valence-corrected chi connectivity index (χ3v) is 4.35. The summed E-state index contributed by atoms with van der Waals surface area (Å²) in [5, 5.41) is 13.4. The molecule has 2 atom stereocenters. The van der Waals surface area contributed by atoms with Crippen molar-refractivity contribution >= 4 is 29.7 Å². The summed E-state index contributed by atoms with van der Waals surface area (Å²) in [4.78, 5) is 24.6. The maximum atomic E-state index is 12.3. The molecule has 2 unspecified atom stereocenters. The lowest BCUT2D eigenvalue weighted by Gasteiger charge is -2.26. The molecule has 1 heterocycles. The van der Waals surface area contributed by atoms with E-state index in [0.717, 1.165) is 19.5 Å². The monoisotopic (exact) mass is 342 g/mol. The van der Waals surface area contributed by atoms with Gasteiger partial charge in [0.2, 0.25) is 5.91 Å². The van der Waals surface area contributed by atoms with E-state index in [0.29, 0.717) is 12.2 Å². The van der Waals surface area contributed by atoms with Crippen LogP contribution in [0.15, 0.2) is 24.3 Å². The predicted molar refractivity (Wildman–Crippen MR) is 91.8 cm³/mol. The maximum Gasteiger partial charge on any atom is 0.269 e. The van der Waals surface area contributed by atoms with Gasteiger partial charge in [-0.25, -0.2) is 0 Å². The molecule has 1 aromatic carbocycles. The van der Waals surface area contributed by atoms with Crippen LogP contribution in [-0.4, -0.2) is 41.4 Å². The summed E-state index contributed by atoms with van der Waals surface area (Å²) in [7, 11) is 0. The van der Waals surface area contributed by atoms with Crippen LogP contribution in [0.4, 0.5) is 11.4 Å². The first-order valence-corrected chi connectivity index (χ1v) is 7.34. The number of nitro groups is 1. The SMILES string of the molecule is CC(C(=O)Nc1ccc([N+](=O)[O-])cc1)N1CCC(C)(CN)C1.Cl. The van der Waals surface area contributed by atoms with Crippen LogP contribution in [0.25, 0.3) is 0 Å². The molecule has 3 N–H and O–H groups in total. The van der Waals surface area contributed by atoms with Crippen LogP contribution in [0.2, 0.25) is 0 Å². The highest BCUT2D eigenvalue weighted by Gasteiger charge is 2.36. The van der Waals surface area contributed by atoms with Crippen LogP contribution >= 0.6 is 12.4 Å². The van der Waals surface area contributed by atoms with Crippen LogP contribution in [0.1, 0.15) is 20.3 Å². The van der Waals surface area contributed by atoms with E-state index >= 15 is 0 Å². The van der Waals surface area contributed by atoms with Crippen molar-refractivity contribution in [2.24, 2.45) is 11.1 Å². The highest BCUT2D eigenvalue weighted by Crippen LogP contribution is 2.30. The molecule has 23 heavy (non-hydrogen) atoms. The first-order chi connectivity index (χ1) is 10.3. The average molecular weight is 343 g/mol. The standard InChI is InChI=1S/C15H22N4O3.ClH/c1-11(18-8-7-15(2,9-16)10-18)14(20)17-12-3-5-13(6-4-12)19(21)22;/h3-6,11H,7-10,16H2,1-2H3,(H,17,20);1H. The predicted octanol–water partition coefficient (Wildman–Crippen LogP) is 2.01. The molecule has 1 aliphatic heterocycles. The lowest BCUT2D eigenvalue weighted by molar-refractivity contribution is -0.384. The number of rotatable bonds is 5. The normalized spacial score (nSPS) is 22.2. The van der Waals surface area contributed by atoms with Gasteiger partial charge in [0, 0.05) is 24.4 Å². The average Bonchev–Trinajstić information content (AvgIpc) is 2.90. The molecular weight excluding hydrogens is 320 g/mol. The van der Waals surface area contributed by atoms with Gasteiger partial charge in [0.25, 0.3) is 5.69 Å². The minimum atomic E-state index is -0.466. The molecule has 1 fully saturated rings. The number of nitro benzene ring substituents is 1. The Balaban J connectivity index is 0.00000264. The molecule has 0 bridgehead atoms. The second-order valence-electron chi connectivity index (χ2n) is 6.20. The van der Waals surface area contributed by atoms with Gasteiger partial charge in [-0.3, -0.25) is 19.8 Å². The molecule has 0 aromatic heterocycles. The number of amides is 1. The van der Waals surface area contributed by atoms with Crippen molar-refractivity contribution in [3.63, 3.8) is 0 Å². The van der Waals surface area contributed by atoms with E-state index in [-0.39, 0.29) is 35.5 Å². The van der Waals surface area contributed by atoms with E-state index in [4.69, 9.17) is 5.73 Å². The number of nitrogens with two attached hydrogens (primary N) is 1. The number of benzene rings is 1. The number of carbonyl (C=O) groups is 1. The molecule has 7 nitrogen and oxygen atoms in total. The Hall–Kier alpha value is -1.70. The van der Waals surface area contributed by atoms with Gasteiger partial charge in [-0.2, -0.15) is 0 Å². The highest BCUT2D eigenvalue weighted by atomic mass is 35.5. The minimum absolute atomic E-state index is 0. The first kappa shape index (κ1) is 19.3. The fraction of sp³-hybridized carbons (Fsp3) is 0.533. The number of nitrogens with zero attached hydrogens (tertiary/aromatic N) is 2. The number of carbonyl (C=O) groups excluding carboxylic acids is 1. The van der Waals surface area contributed by atoms with E-state index in [1.807, 2.05) is 6.92 Å². The fourth-order valence-electron chi connectivity index (χ4n) is 2.64. The van der Waals surface area contributed by atoms with Crippen LogP contribution in [0.3, 0.4) is 0 Å². The fourth-order valence-corrected chi connectivity index (χ4v) is 2.64. The molecular formula is C15H23ClN4O3. The zero-order chi connectivity index (χ0) is 16.3. The Labute approximate surface area is 141 Å². The van der Waals surface area contributed by atoms with E-state index in [2.05, 4.69) is 17.1 Å². The van der Waals surface area contributed by atoms with E-state index < -0.39 is 4.92 Å². The van der Waals surface area contributed by atoms with Crippen LogP contribution < -0.4 is 11.1 Å². The summed E-state index contributed by atoms with van der Waals surface area (Å²) in [6, 6.07) is 5.57. The molecule has 1 saturated heterocycles. The number of nitrogens with one attached hydrogen (secondary N) is 1. The van der Waals surface area contributed by atoms with Crippen LogP contribution in [0.5, 0.6) is 0 Å². The lowest BCUT2D eigenvalue weighted by Crippen LogP contribution is -2.42. The van der Waals surface area contributed by atoms with E-state index in [1.54, 1.807) is 0 Å². The van der Waals surface area contributed by atoms with Crippen molar-refractivity contribution < 1.29 is 9.72 Å². The Morgan fingerprint density at radius 2 is 2.09 bits per heavy atom. The third kappa shape index (κ3) is 4.63. The van der Waals surface area contributed by atoms with Crippen molar-refractivity contribution in [1.29, 1.82) is 0 Å². The molecule has 1 aliphatic rings. The Morgan fingerprint density at radius 1 is 1.48 bits per heavy atom. The summed E-state index contributed by atoms with van der Waals surface area (Å²) in [6.07, 6.45) is 0.985. The van der Waals surface area contributed by atoms with Crippen LogP contribution in [0, 0.1) is 15.5 Å². The van der Waals surface area contributed by atoms with Gasteiger partial charge in [0.15, 0.2) is 0 Å². The van der Waals surface area contributed by atoms with Gasteiger partial charge in [0.05, 0.1) is 11.0 Å². The van der Waals surface area contributed by atoms with Crippen molar-refractivity contribution in [2.75, 3.05) is 25.0 Å². The highest BCUT2D eigenvalue weighted by molar-refractivity contribution is 5.94. The molecule has 0 saturated carbocycles. The largest absolute Gasteiger partial charge is 0.330 e. The van der Waals surface area contributed by atoms with Crippen LogP contribution in [-0.2, 0) is 4.79 Å². The first-order valence-electron chi connectivity index (χ1n) is 7.34. The molecule has 1 amide bonds. The Morgan fingerprint density at radius 3 is 2.57 bits per heavy atom. The summed E-state index contributed by atoms with van der Waals surface area (Å²) in [5.41, 5.74) is 6.42. The summed E-state index contributed by atoms with van der Waals surface area (Å²) < 4.78 is 0. The molecule has 0 radical (unpaired) electrons. The number of non-ortho nitro benzene ring substituents is 1. The van der Waals surface area contributed by atoms with Gasteiger partial charge in [-0.05, 0) is 44.0 Å². The molecule has 2 rings (SSSR count). The number of anilines is 1. The summed E-state index contributed by atoms with van der Waals surface area (Å²) >= 11 is 0. The van der Waals surface area contributed by atoms with E-state index in [9.17, 15) is 14.9 Å². The topological polar surface area (TPSA) is 101 Å². The smallest absolute Gasteiger partial charge is 0.269 e. The summed E-state index contributed by atoms with van der Waals surface area (Å²) in [6.45, 7) is 6.26. The zero-order valence-corrected chi connectivity index (χ0v) is 14.1. The molecule has 0 aliphatic carbocycles. The van der Waals surface area contributed by atoms with E-state index in [1.165, 1.54) is 24.3 Å². The van der Waals surface area contributed by atoms with Gasteiger partial charge in [-0.15, -0.1) is 12.4 Å². The Kier molecular flexibility index (Phi) is 6.49. The van der Waals surface area contributed by atoms with Gasteiger partial charge in [-0.1, -0.05) is 6.92 Å². The second-order valence-corrected chi connectivity index (χ2v) is 6.20. The zero-order valence-electron chi connectivity index (χ0n) is 13.3. The number of likely N-dealkylation sites (tertiary alicyclic amines) is 1. The van der Waals surface area contributed by atoms with Crippen molar-refractivity contribution in [1.82, 2.24) is 4.90 Å². The summed E-state index contributed by atoms with van der Waals surface area (Å²) in [5.74, 6) is -0.116. The number of hydrogen-bond donors (Lipinski definition) is 2. The van der Waals surface area contributed by atoms with Crippen molar-refractivity contribution in [3.05, 3.63) is 34.4 Å². The second kappa shape index (κ2) is 7.72. The van der Waals surface area contributed by atoms with Gasteiger partial charge in [0.1, 0.15) is 0 Å². The number of halogens is 1. The molecule has 0 spiro atoms. The lowest BCUT2D eigenvalue weighted by atomic mass is 9.90. The molecule has 128 valence electrons. The maximum absolute atomic E-state index is 12.3. The quantitative estimate of drug-likeness (QED) is 0.629.